The number of rotatable bonds is 11. The van der Waals surface area contributed by atoms with Crippen molar-refractivity contribution >= 4 is 11.6 Å². The number of nitrogens with zero attached hydrogens (tertiary/aromatic N) is 2. The van der Waals surface area contributed by atoms with Crippen LogP contribution in [-0.2, 0) is 13.0 Å². The summed E-state index contributed by atoms with van der Waals surface area (Å²) in [6, 6.07) is 13.9. The van der Waals surface area contributed by atoms with E-state index in [0.29, 0.717) is 18.0 Å². The molecule has 0 bridgehead atoms. The fraction of sp³-hybridized carbons (Fsp3) is 0.500. The summed E-state index contributed by atoms with van der Waals surface area (Å²) in [5.41, 5.74) is 2.32. The summed E-state index contributed by atoms with van der Waals surface area (Å²) < 4.78 is 11.4. The number of likely N-dealkylation sites (N-methyl/N-ethyl adjacent to an activating group) is 1. The van der Waals surface area contributed by atoms with Gasteiger partial charge >= 0.3 is 0 Å². The van der Waals surface area contributed by atoms with Crippen molar-refractivity contribution < 1.29 is 14.6 Å². The quantitative estimate of drug-likeness (QED) is 0.516. The third-order valence-corrected chi connectivity index (χ3v) is 5.77. The molecule has 1 saturated heterocycles. The molecule has 2 N–H and O–H groups in total. The third-order valence-electron chi connectivity index (χ3n) is 5.53. The predicted octanol–water partition coefficient (Wildman–Crippen LogP) is 2.67. The van der Waals surface area contributed by atoms with Gasteiger partial charge in [-0.2, -0.15) is 0 Å². The molecule has 2 aromatic carbocycles. The van der Waals surface area contributed by atoms with Crippen molar-refractivity contribution in [1.29, 1.82) is 0 Å². The number of piperazine rings is 1. The first-order valence-corrected chi connectivity index (χ1v) is 11.2. The standard InChI is InChI=1S/C24H34ClN3O3/c1-27-10-12-28(13-11-27)17-22(29)18-31-24-15-20(6-7-23(24)30-2)16-26-9-8-19-4-3-5-21(25)14-19/h3-7,14-15,22,26,29H,8-13,16-18H2,1-2H3/t22-/m0/s1. The zero-order chi connectivity index (χ0) is 22.1. The fourth-order valence-corrected chi connectivity index (χ4v) is 3.88. The highest BCUT2D eigenvalue weighted by Gasteiger charge is 2.18. The van der Waals surface area contributed by atoms with Crippen LogP contribution in [0.4, 0.5) is 0 Å². The van der Waals surface area contributed by atoms with E-state index in [4.69, 9.17) is 21.1 Å². The van der Waals surface area contributed by atoms with E-state index in [1.54, 1.807) is 7.11 Å². The van der Waals surface area contributed by atoms with Gasteiger partial charge in [0.25, 0.3) is 0 Å². The van der Waals surface area contributed by atoms with E-state index in [-0.39, 0.29) is 6.61 Å². The Labute approximate surface area is 190 Å². The van der Waals surface area contributed by atoms with Crippen molar-refractivity contribution in [3.63, 3.8) is 0 Å². The van der Waals surface area contributed by atoms with Gasteiger partial charge in [-0.3, -0.25) is 4.90 Å². The van der Waals surface area contributed by atoms with Gasteiger partial charge < -0.3 is 24.8 Å². The van der Waals surface area contributed by atoms with Gasteiger partial charge in [0.2, 0.25) is 0 Å². The lowest BCUT2D eigenvalue weighted by Gasteiger charge is -2.33. The molecule has 1 atom stereocenters. The summed E-state index contributed by atoms with van der Waals surface area (Å²) >= 11 is 6.04. The molecular weight excluding hydrogens is 414 g/mol. The molecule has 7 heteroatoms. The summed E-state index contributed by atoms with van der Waals surface area (Å²) in [6.07, 6.45) is 0.381. The number of methoxy groups -OCH3 is 1. The van der Waals surface area contributed by atoms with Crippen LogP contribution in [-0.4, -0.2) is 81.0 Å². The van der Waals surface area contributed by atoms with Gasteiger partial charge in [-0.15, -0.1) is 0 Å². The van der Waals surface area contributed by atoms with Gasteiger partial charge in [0.1, 0.15) is 12.7 Å². The van der Waals surface area contributed by atoms with E-state index < -0.39 is 6.10 Å². The molecule has 3 rings (SSSR count). The van der Waals surface area contributed by atoms with Crippen LogP contribution in [0.5, 0.6) is 11.5 Å². The largest absolute Gasteiger partial charge is 0.493 e. The lowest BCUT2D eigenvalue weighted by atomic mass is 10.1. The number of nitrogens with one attached hydrogen (secondary N) is 1. The minimum Gasteiger partial charge on any atom is -0.493 e. The van der Waals surface area contributed by atoms with Crippen LogP contribution < -0.4 is 14.8 Å². The molecule has 2 aromatic rings. The summed E-state index contributed by atoms with van der Waals surface area (Å²) in [6.45, 7) is 6.48. The van der Waals surface area contributed by atoms with Crippen LogP contribution >= 0.6 is 11.6 Å². The second-order valence-corrected chi connectivity index (χ2v) is 8.55. The maximum atomic E-state index is 10.4. The van der Waals surface area contributed by atoms with E-state index in [1.165, 1.54) is 5.56 Å². The second kappa shape index (κ2) is 12.3. The Hall–Kier alpha value is -1.83. The zero-order valence-electron chi connectivity index (χ0n) is 18.5. The number of β-amino-alcohol motifs (C(OH)–C–C–N with tert-alkyl or cyclic N) is 1. The normalized spacial score (nSPS) is 16.3. The summed E-state index contributed by atoms with van der Waals surface area (Å²) in [5, 5.41) is 14.6. The van der Waals surface area contributed by atoms with E-state index in [1.807, 2.05) is 36.4 Å². The molecule has 1 fully saturated rings. The number of hydrogen-bond acceptors (Lipinski definition) is 6. The van der Waals surface area contributed by atoms with Crippen LogP contribution in [0.2, 0.25) is 5.02 Å². The van der Waals surface area contributed by atoms with Crippen LogP contribution in [0, 0.1) is 0 Å². The predicted molar refractivity (Wildman–Crippen MR) is 125 cm³/mol. The summed E-state index contributed by atoms with van der Waals surface area (Å²) in [4.78, 5) is 4.59. The van der Waals surface area contributed by atoms with Crippen molar-refractivity contribution in [3.8, 4) is 11.5 Å². The molecule has 1 aliphatic rings. The highest BCUT2D eigenvalue weighted by atomic mass is 35.5. The number of aliphatic hydroxyl groups is 1. The van der Waals surface area contributed by atoms with E-state index in [2.05, 4.69) is 28.2 Å². The SMILES string of the molecule is COc1ccc(CNCCc2cccc(Cl)c2)cc1OC[C@@H](O)CN1CCN(C)CC1. The van der Waals surface area contributed by atoms with E-state index in [9.17, 15) is 5.11 Å². The van der Waals surface area contributed by atoms with E-state index in [0.717, 1.165) is 56.3 Å². The average Bonchev–Trinajstić information content (AvgIpc) is 2.77. The number of ether oxygens (including phenoxy) is 2. The Kier molecular flexibility index (Phi) is 9.43. The third kappa shape index (κ3) is 7.98. The molecule has 0 saturated carbocycles. The first-order valence-electron chi connectivity index (χ1n) is 10.9. The van der Waals surface area contributed by atoms with Gasteiger partial charge in [0.15, 0.2) is 11.5 Å². The summed E-state index contributed by atoms with van der Waals surface area (Å²) in [5.74, 6) is 1.34. The van der Waals surface area contributed by atoms with E-state index >= 15 is 0 Å². The fourth-order valence-electron chi connectivity index (χ4n) is 3.67. The number of hydrogen-bond donors (Lipinski definition) is 2. The monoisotopic (exact) mass is 447 g/mol. The lowest BCUT2D eigenvalue weighted by Crippen LogP contribution is -2.47. The van der Waals surface area contributed by atoms with Crippen LogP contribution in [0.3, 0.4) is 0 Å². The molecule has 170 valence electrons. The van der Waals surface area contributed by atoms with Crippen molar-refractivity contribution in [2.24, 2.45) is 0 Å². The Morgan fingerprint density at radius 1 is 1.06 bits per heavy atom. The van der Waals surface area contributed by atoms with Crippen molar-refractivity contribution in [2.75, 3.05) is 60.0 Å². The Bertz CT molecular complexity index is 812. The minimum absolute atomic E-state index is 0.244. The van der Waals surface area contributed by atoms with Crippen LogP contribution in [0.1, 0.15) is 11.1 Å². The maximum Gasteiger partial charge on any atom is 0.161 e. The number of halogens is 1. The lowest BCUT2D eigenvalue weighted by molar-refractivity contribution is 0.0498. The first kappa shape index (κ1) is 23.8. The molecule has 6 nitrogen and oxygen atoms in total. The molecular formula is C24H34ClN3O3. The summed E-state index contributed by atoms with van der Waals surface area (Å²) in [7, 11) is 3.76. The maximum absolute atomic E-state index is 10.4. The van der Waals surface area contributed by atoms with Gasteiger partial charge in [-0.25, -0.2) is 0 Å². The highest BCUT2D eigenvalue weighted by molar-refractivity contribution is 6.30. The van der Waals surface area contributed by atoms with Gasteiger partial charge in [-0.05, 0) is 55.4 Å². The zero-order valence-corrected chi connectivity index (χ0v) is 19.3. The molecule has 31 heavy (non-hydrogen) atoms. The minimum atomic E-state index is -0.535. The van der Waals surface area contributed by atoms with Crippen molar-refractivity contribution in [2.45, 2.75) is 19.1 Å². The van der Waals surface area contributed by atoms with Gasteiger partial charge in [0.05, 0.1) is 7.11 Å². The van der Waals surface area contributed by atoms with Crippen LogP contribution in [0.15, 0.2) is 42.5 Å². The molecule has 0 aliphatic carbocycles. The highest BCUT2D eigenvalue weighted by Crippen LogP contribution is 2.28. The molecule has 1 aliphatic heterocycles. The molecule has 0 radical (unpaired) electrons. The Morgan fingerprint density at radius 2 is 1.87 bits per heavy atom. The molecule has 0 unspecified atom stereocenters. The van der Waals surface area contributed by atoms with Crippen molar-refractivity contribution in [1.82, 2.24) is 15.1 Å². The van der Waals surface area contributed by atoms with Crippen molar-refractivity contribution in [3.05, 3.63) is 58.6 Å². The molecule has 0 amide bonds. The van der Waals surface area contributed by atoms with Gasteiger partial charge in [-0.1, -0.05) is 29.8 Å². The van der Waals surface area contributed by atoms with Crippen LogP contribution in [0.25, 0.3) is 0 Å². The number of aliphatic hydroxyl groups excluding tert-OH is 1. The first-order chi connectivity index (χ1) is 15.0. The Balaban J connectivity index is 1.45. The molecule has 0 spiro atoms. The average molecular weight is 448 g/mol. The Morgan fingerprint density at radius 3 is 2.61 bits per heavy atom. The number of benzene rings is 2. The smallest absolute Gasteiger partial charge is 0.161 e. The van der Waals surface area contributed by atoms with Gasteiger partial charge in [0, 0.05) is 44.3 Å². The second-order valence-electron chi connectivity index (χ2n) is 8.11. The molecule has 1 heterocycles. The topological polar surface area (TPSA) is 57.2 Å². The molecule has 0 aromatic heterocycles.